The van der Waals surface area contributed by atoms with Crippen molar-refractivity contribution in [3.05, 3.63) is 18.7 Å². The van der Waals surface area contributed by atoms with Gasteiger partial charge in [0.2, 0.25) is 0 Å². The smallest absolute Gasteiger partial charge is 0.410 e. The summed E-state index contributed by atoms with van der Waals surface area (Å²) in [6, 6.07) is -0.455. The Labute approximate surface area is 122 Å². The Balaban J connectivity index is 2.16. The number of carbonyl (C=O) groups is 1. The molecular formula is C12H20N6O3. The van der Waals surface area contributed by atoms with Gasteiger partial charge in [-0.3, -0.25) is 4.90 Å². The molecule has 1 aromatic heterocycles. The number of likely N-dealkylation sites (tertiary alicyclic amines) is 1. The van der Waals surface area contributed by atoms with Crippen molar-refractivity contribution in [2.45, 2.75) is 44.9 Å². The average Bonchev–Trinajstić information content (AvgIpc) is 3.04. The lowest BCUT2D eigenvalue weighted by Crippen LogP contribution is -2.41. The first-order valence-electron chi connectivity index (χ1n) is 6.59. The third-order valence-electron chi connectivity index (χ3n) is 3.17. The molecule has 9 heteroatoms. The van der Waals surface area contributed by atoms with Gasteiger partial charge in [-0.1, -0.05) is 6.58 Å². The molecular weight excluding hydrogens is 276 g/mol. The van der Waals surface area contributed by atoms with Gasteiger partial charge < -0.3 is 9.57 Å². The fraction of sp³-hybridized carbons (Fsp3) is 0.667. The van der Waals surface area contributed by atoms with Gasteiger partial charge in [0.1, 0.15) is 17.7 Å². The van der Waals surface area contributed by atoms with Crippen LogP contribution in [0.15, 0.2) is 18.7 Å². The molecule has 9 nitrogen and oxygen atoms in total. The molecule has 116 valence electrons. The van der Waals surface area contributed by atoms with Crippen LogP contribution in [0.3, 0.4) is 0 Å². The standard InChI is InChI=1S/C12H20N6O3/c1-8(21-13)10-5-9(18-7-14-15-16-18)6-17(10)11(19)20-12(2,3)4/h7,9-10H,1,5-6,13H2,2-4H3/t9-,10+/m0/s1. The van der Waals surface area contributed by atoms with Crippen LogP contribution in [0, 0.1) is 0 Å². The number of nitrogens with two attached hydrogens (primary N) is 1. The third kappa shape index (κ3) is 3.48. The molecule has 0 unspecified atom stereocenters. The van der Waals surface area contributed by atoms with Gasteiger partial charge in [-0.2, -0.15) is 5.90 Å². The fourth-order valence-electron chi connectivity index (χ4n) is 2.25. The second-order valence-corrected chi connectivity index (χ2v) is 5.91. The van der Waals surface area contributed by atoms with E-state index in [-0.39, 0.29) is 12.1 Å². The summed E-state index contributed by atoms with van der Waals surface area (Å²) < 4.78 is 7.00. The zero-order chi connectivity index (χ0) is 15.6. The number of carbonyl (C=O) groups excluding carboxylic acids is 1. The molecule has 1 aromatic rings. The molecule has 1 aliphatic rings. The van der Waals surface area contributed by atoms with E-state index in [0.29, 0.717) is 18.7 Å². The Kier molecular flexibility index (Phi) is 4.12. The number of rotatable bonds is 3. The minimum atomic E-state index is -0.584. The van der Waals surface area contributed by atoms with E-state index >= 15 is 0 Å². The number of tetrazole rings is 1. The first-order chi connectivity index (χ1) is 9.81. The van der Waals surface area contributed by atoms with E-state index in [9.17, 15) is 4.79 Å². The highest BCUT2D eigenvalue weighted by atomic mass is 16.6. The molecule has 2 N–H and O–H groups in total. The minimum Gasteiger partial charge on any atom is -0.444 e. The lowest BCUT2D eigenvalue weighted by molar-refractivity contribution is 0.0197. The Bertz CT molecular complexity index is 510. The van der Waals surface area contributed by atoms with Crippen molar-refractivity contribution in [3.63, 3.8) is 0 Å². The Morgan fingerprint density at radius 3 is 2.71 bits per heavy atom. The highest BCUT2D eigenvalue weighted by Gasteiger charge is 2.41. The lowest BCUT2D eigenvalue weighted by Gasteiger charge is -2.28. The molecule has 0 saturated carbocycles. The van der Waals surface area contributed by atoms with Crippen LogP contribution >= 0.6 is 0 Å². The topological polar surface area (TPSA) is 108 Å². The number of ether oxygens (including phenoxy) is 1. The number of aromatic nitrogens is 4. The van der Waals surface area contributed by atoms with E-state index in [1.807, 2.05) is 20.8 Å². The number of hydrogen-bond acceptors (Lipinski definition) is 7. The average molecular weight is 296 g/mol. The van der Waals surface area contributed by atoms with Gasteiger partial charge in [0.25, 0.3) is 0 Å². The van der Waals surface area contributed by atoms with Gasteiger partial charge in [0.15, 0.2) is 0 Å². The molecule has 1 saturated heterocycles. The number of hydrogen-bond donors (Lipinski definition) is 1. The summed E-state index contributed by atoms with van der Waals surface area (Å²) in [6.07, 6.45) is 1.62. The van der Waals surface area contributed by atoms with E-state index in [2.05, 4.69) is 22.1 Å². The monoisotopic (exact) mass is 296 g/mol. The highest BCUT2D eigenvalue weighted by molar-refractivity contribution is 5.69. The van der Waals surface area contributed by atoms with Crippen LogP contribution in [0.5, 0.6) is 0 Å². The van der Waals surface area contributed by atoms with Crippen LogP contribution in [0.1, 0.15) is 33.2 Å². The fourth-order valence-corrected chi connectivity index (χ4v) is 2.25. The molecule has 0 radical (unpaired) electrons. The molecule has 1 amide bonds. The molecule has 0 aliphatic carbocycles. The predicted molar refractivity (Wildman–Crippen MR) is 72.6 cm³/mol. The molecule has 0 aromatic carbocycles. The number of nitrogens with zero attached hydrogens (tertiary/aromatic N) is 5. The summed E-state index contributed by atoms with van der Waals surface area (Å²) in [5.74, 6) is 5.48. The summed E-state index contributed by atoms with van der Waals surface area (Å²) in [4.78, 5) is 18.6. The molecule has 2 heterocycles. The SMILES string of the molecule is C=C(ON)[C@H]1C[C@H](n2cnnn2)CN1C(=O)OC(C)(C)C. The quantitative estimate of drug-likeness (QED) is 0.643. The van der Waals surface area contributed by atoms with Gasteiger partial charge >= 0.3 is 6.09 Å². The normalized spacial score (nSPS) is 22.2. The lowest BCUT2D eigenvalue weighted by atomic mass is 10.1. The van der Waals surface area contributed by atoms with Crippen molar-refractivity contribution in [1.29, 1.82) is 0 Å². The van der Waals surface area contributed by atoms with E-state index < -0.39 is 11.7 Å². The molecule has 2 rings (SSSR count). The second kappa shape index (κ2) is 5.68. The predicted octanol–water partition coefficient (Wildman–Crippen LogP) is 0.628. The Hall–Kier alpha value is -2.16. The third-order valence-corrected chi connectivity index (χ3v) is 3.17. The van der Waals surface area contributed by atoms with Crippen LogP contribution in [0.4, 0.5) is 4.79 Å². The summed E-state index contributed by atoms with van der Waals surface area (Å²) in [7, 11) is 0. The van der Waals surface area contributed by atoms with Crippen LogP contribution < -0.4 is 5.90 Å². The van der Waals surface area contributed by atoms with E-state index in [1.165, 1.54) is 11.2 Å². The van der Waals surface area contributed by atoms with E-state index in [4.69, 9.17) is 15.5 Å². The van der Waals surface area contributed by atoms with Gasteiger partial charge in [-0.25, -0.2) is 9.48 Å². The second-order valence-electron chi connectivity index (χ2n) is 5.91. The highest BCUT2D eigenvalue weighted by Crippen LogP contribution is 2.31. The van der Waals surface area contributed by atoms with Crippen molar-refractivity contribution < 1.29 is 14.4 Å². The minimum absolute atomic E-state index is 0.0792. The molecule has 2 atom stereocenters. The summed E-state index contributed by atoms with van der Waals surface area (Å²) in [5.41, 5.74) is -0.584. The first-order valence-corrected chi connectivity index (χ1v) is 6.59. The van der Waals surface area contributed by atoms with Gasteiger partial charge in [-0.15, -0.1) is 5.10 Å². The summed E-state index contributed by atoms with van der Waals surface area (Å²) in [5, 5.41) is 11.1. The maximum atomic E-state index is 12.3. The Morgan fingerprint density at radius 1 is 1.48 bits per heavy atom. The van der Waals surface area contributed by atoms with Crippen LogP contribution in [0.25, 0.3) is 0 Å². The van der Waals surface area contributed by atoms with Crippen LogP contribution in [-0.4, -0.2) is 49.4 Å². The zero-order valence-electron chi connectivity index (χ0n) is 12.4. The first kappa shape index (κ1) is 15.2. The summed E-state index contributed by atoms with van der Waals surface area (Å²) >= 11 is 0. The molecule has 0 spiro atoms. The Morgan fingerprint density at radius 2 is 2.19 bits per heavy atom. The van der Waals surface area contributed by atoms with Crippen molar-refractivity contribution in [3.8, 4) is 0 Å². The van der Waals surface area contributed by atoms with Gasteiger partial charge in [-0.05, 0) is 37.6 Å². The molecule has 1 aliphatic heterocycles. The molecule has 0 bridgehead atoms. The molecule has 21 heavy (non-hydrogen) atoms. The largest absolute Gasteiger partial charge is 0.444 e. The maximum absolute atomic E-state index is 12.3. The van der Waals surface area contributed by atoms with Crippen molar-refractivity contribution in [2.24, 2.45) is 5.90 Å². The van der Waals surface area contributed by atoms with E-state index in [0.717, 1.165) is 0 Å². The van der Waals surface area contributed by atoms with Crippen LogP contribution in [0.2, 0.25) is 0 Å². The van der Waals surface area contributed by atoms with Crippen molar-refractivity contribution in [2.75, 3.05) is 6.54 Å². The summed E-state index contributed by atoms with van der Waals surface area (Å²) in [6.45, 7) is 9.56. The number of amides is 1. The van der Waals surface area contributed by atoms with E-state index in [1.54, 1.807) is 4.68 Å². The van der Waals surface area contributed by atoms with Gasteiger partial charge in [0.05, 0.1) is 12.1 Å². The molecule has 1 fully saturated rings. The van der Waals surface area contributed by atoms with Gasteiger partial charge in [0, 0.05) is 6.54 Å². The zero-order valence-corrected chi connectivity index (χ0v) is 12.4. The maximum Gasteiger partial charge on any atom is 0.410 e. The van der Waals surface area contributed by atoms with Crippen molar-refractivity contribution >= 4 is 6.09 Å². The van der Waals surface area contributed by atoms with Crippen molar-refractivity contribution in [1.82, 2.24) is 25.1 Å². The van der Waals surface area contributed by atoms with Crippen LogP contribution in [-0.2, 0) is 9.57 Å².